The zero-order chi connectivity index (χ0) is 16.8. The van der Waals surface area contributed by atoms with Crippen LogP contribution in [-0.4, -0.2) is 41.0 Å². The number of carbonyl (C=O) groups is 1. The monoisotopic (exact) mass is 318 g/mol. The number of amides is 1. The highest BCUT2D eigenvalue weighted by atomic mass is 19.1. The van der Waals surface area contributed by atoms with E-state index in [-0.39, 0.29) is 11.7 Å². The molecular weight excluding hydrogens is 295 g/mol. The van der Waals surface area contributed by atoms with Gasteiger partial charge in [-0.3, -0.25) is 9.69 Å². The SMILES string of the molecule is CCc1nccn1CCNC(=O)[C@@H](c1ccccc1F)N(C)C. The minimum absolute atomic E-state index is 0.210. The number of nitrogens with zero attached hydrogens (tertiary/aromatic N) is 3. The fraction of sp³-hybridized carbons (Fsp3) is 0.412. The van der Waals surface area contributed by atoms with E-state index in [1.807, 2.05) is 17.7 Å². The van der Waals surface area contributed by atoms with Crippen molar-refractivity contribution >= 4 is 5.91 Å². The Hall–Kier alpha value is -2.21. The summed E-state index contributed by atoms with van der Waals surface area (Å²) in [5.74, 6) is 0.403. The van der Waals surface area contributed by atoms with Crippen molar-refractivity contribution in [3.63, 3.8) is 0 Å². The van der Waals surface area contributed by atoms with Crippen LogP contribution in [0, 0.1) is 5.82 Å². The second kappa shape index (κ2) is 7.87. The first-order valence-corrected chi connectivity index (χ1v) is 7.73. The molecule has 0 saturated heterocycles. The van der Waals surface area contributed by atoms with Gasteiger partial charge in [0.05, 0.1) is 0 Å². The molecule has 0 aliphatic carbocycles. The van der Waals surface area contributed by atoms with Gasteiger partial charge >= 0.3 is 0 Å². The van der Waals surface area contributed by atoms with E-state index in [4.69, 9.17) is 0 Å². The first-order valence-electron chi connectivity index (χ1n) is 7.73. The summed E-state index contributed by atoms with van der Waals surface area (Å²) in [5.41, 5.74) is 0.381. The smallest absolute Gasteiger partial charge is 0.242 e. The molecule has 0 fully saturated rings. The van der Waals surface area contributed by atoms with Crippen LogP contribution in [0.3, 0.4) is 0 Å². The maximum atomic E-state index is 14.0. The van der Waals surface area contributed by atoms with Crippen molar-refractivity contribution in [3.8, 4) is 0 Å². The fourth-order valence-corrected chi connectivity index (χ4v) is 2.61. The Bertz CT molecular complexity index is 654. The Balaban J connectivity index is 2.01. The molecule has 1 aromatic carbocycles. The van der Waals surface area contributed by atoms with E-state index in [1.54, 1.807) is 43.4 Å². The van der Waals surface area contributed by atoms with E-state index in [1.165, 1.54) is 6.07 Å². The molecule has 2 aromatic rings. The number of imidazole rings is 1. The van der Waals surface area contributed by atoms with Crippen molar-refractivity contribution < 1.29 is 9.18 Å². The van der Waals surface area contributed by atoms with Crippen LogP contribution >= 0.6 is 0 Å². The van der Waals surface area contributed by atoms with Gasteiger partial charge < -0.3 is 9.88 Å². The van der Waals surface area contributed by atoms with Gasteiger partial charge in [-0.2, -0.15) is 0 Å². The van der Waals surface area contributed by atoms with Crippen molar-refractivity contribution in [2.45, 2.75) is 25.9 Å². The van der Waals surface area contributed by atoms with Gasteiger partial charge in [0.1, 0.15) is 17.7 Å². The number of hydrogen-bond donors (Lipinski definition) is 1. The molecule has 1 aromatic heterocycles. The fourth-order valence-electron chi connectivity index (χ4n) is 2.61. The molecule has 0 saturated carbocycles. The molecule has 0 radical (unpaired) electrons. The van der Waals surface area contributed by atoms with Gasteiger partial charge in [-0.15, -0.1) is 0 Å². The zero-order valence-electron chi connectivity index (χ0n) is 13.8. The van der Waals surface area contributed by atoms with Crippen molar-refractivity contribution in [2.24, 2.45) is 0 Å². The number of carbonyl (C=O) groups excluding carboxylic acids is 1. The lowest BCUT2D eigenvalue weighted by molar-refractivity contribution is -0.125. The number of rotatable bonds is 7. The number of aryl methyl sites for hydroxylation is 1. The summed E-state index contributed by atoms with van der Waals surface area (Å²) in [5, 5.41) is 2.88. The predicted molar refractivity (Wildman–Crippen MR) is 87.4 cm³/mol. The second-order valence-electron chi connectivity index (χ2n) is 5.57. The Labute approximate surface area is 136 Å². The minimum atomic E-state index is -0.648. The van der Waals surface area contributed by atoms with E-state index < -0.39 is 6.04 Å². The average molecular weight is 318 g/mol. The van der Waals surface area contributed by atoms with Crippen LogP contribution in [0.15, 0.2) is 36.7 Å². The number of nitrogens with one attached hydrogen (secondary N) is 1. The normalized spacial score (nSPS) is 12.4. The molecule has 23 heavy (non-hydrogen) atoms. The summed E-state index contributed by atoms with van der Waals surface area (Å²) in [7, 11) is 3.53. The molecule has 5 nitrogen and oxygen atoms in total. The van der Waals surface area contributed by atoms with Crippen molar-refractivity contribution in [1.29, 1.82) is 0 Å². The van der Waals surface area contributed by atoms with Gasteiger partial charge in [0.25, 0.3) is 0 Å². The lowest BCUT2D eigenvalue weighted by Gasteiger charge is -2.24. The highest BCUT2D eigenvalue weighted by Gasteiger charge is 2.25. The number of likely N-dealkylation sites (N-methyl/N-ethyl adjacent to an activating group) is 1. The molecule has 0 spiro atoms. The zero-order valence-corrected chi connectivity index (χ0v) is 13.8. The van der Waals surface area contributed by atoms with E-state index in [0.29, 0.717) is 18.7 Å². The molecule has 124 valence electrons. The van der Waals surface area contributed by atoms with Crippen LogP contribution in [-0.2, 0) is 17.8 Å². The number of hydrogen-bond acceptors (Lipinski definition) is 3. The summed E-state index contributed by atoms with van der Waals surface area (Å²) in [6, 6.07) is 5.73. The molecule has 0 bridgehead atoms. The highest BCUT2D eigenvalue weighted by molar-refractivity contribution is 5.83. The average Bonchev–Trinajstić information content (AvgIpc) is 2.96. The molecule has 1 N–H and O–H groups in total. The van der Waals surface area contributed by atoms with Crippen molar-refractivity contribution in [3.05, 3.63) is 53.9 Å². The molecular formula is C17H23FN4O. The third-order valence-electron chi connectivity index (χ3n) is 3.73. The summed E-state index contributed by atoms with van der Waals surface area (Å²) >= 11 is 0. The minimum Gasteiger partial charge on any atom is -0.353 e. The highest BCUT2D eigenvalue weighted by Crippen LogP contribution is 2.21. The molecule has 0 aliphatic rings. The molecule has 1 heterocycles. The van der Waals surface area contributed by atoms with Gasteiger partial charge in [-0.1, -0.05) is 25.1 Å². The quantitative estimate of drug-likeness (QED) is 0.849. The first-order chi connectivity index (χ1) is 11.0. The third-order valence-corrected chi connectivity index (χ3v) is 3.73. The molecule has 1 atom stereocenters. The van der Waals surface area contributed by atoms with Gasteiger partial charge in [0.15, 0.2) is 0 Å². The van der Waals surface area contributed by atoms with Gasteiger partial charge in [-0.05, 0) is 20.2 Å². The van der Waals surface area contributed by atoms with Gasteiger partial charge in [-0.25, -0.2) is 9.37 Å². The van der Waals surface area contributed by atoms with E-state index in [0.717, 1.165) is 12.2 Å². The molecule has 1 amide bonds. The third kappa shape index (κ3) is 4.16. The lowest BCUT2D eigenvalue weighted by atomic mass is 10.0. The van der Waals surface area contributed by atoms with E-state index in [2.05, 4.69) is 10.3 Å². The Morgan fingerprint density at radius 3 is 2.78 bits per heavy atom. The number of benzene rings is 1. The predicted octanol–water partition coefficient (Wildman–Crippen LogP) is 2.00. The van der Waals surface area contributed by atoms with E-state index >= 15 is 0 Å². The lowest BCUT2D eigenvalue weighted by Crippen LogP contribution is -2.38. The molecule has 0 unspecified atom stereocenters. The van der Waals surface area contributed by atoms with Crippen LogP contribution in [0.2, 0.25) is 0 Å². The standard InChI is InChI=1S/C17H23FN4O/c1-4-15-19-9-11-22(15)12-10-20-17(23)16(21(2)3)13-7-5-6-8-14(13)18/h5-9,11,16H,4,10,12H2,1-3H3,(H,20,23)/t16-/m1/s1. The summed E-state index contributed by atoms with van der Waals surface area (Å²) < 4.78 is 16.0. The summed E-state index contributed by atoms with van der Waals surface area (Å²) in [6.07, 6.45) is 4.49. The first kappa shape index (κ1) is 17.1. The van der Waals surface area contributed by atoms with Gasteiger partial charge in [0.2, 0.25) is 5.91 Å². The maximum Gasteiger partial charge on any atom is 0.242 e. The second-order valence-corrected chi connectivity index (χ2v) is 5.57. The maximum absolute atomic E-state index is 14.0. The van der Waals surface area contributed by atoms with Crippen LogP contribution in [0.4, 0.5) is 4.39 Å². The Morgan fingerprint density at radius 1 is 1.39 bits per heavy atom. The van der Waals surface area contributed by atoms with Gasteiger partial charge in [0, 0.05) is 37.5 Å². The van der Waals surface area contributed by atoms with Crippen LogP contribution in [0.5, 0.6) is 0 Å². The van der Waals surface area contributed by atoms with Crippen molar-refractivity contribution in [2.75, 3.05) is 20.6 Å². The Kier molecular flexibility index (Phi) is 5.87. The molecule has 0 aliphatic heterocycles. The summed E-state index contributed by atoms with van der Waals surface area (Å²) in [4.78, 5) is 18.4. The molecule has 6 heteroatoms. The number of aromatic nitrogens is 2. The molecule has 2 rings (SSSR count). The van der Waals surface area contributed by atoms with E-state index in [9.17, 15) is 9.18 Å². The largest absolute Gasteiger partial charge is 0.353 e. The number of halogens is 1. The topological polar surface area (TPSA) is 50.2 Å². The van der Waals surface area contributed by atoms with Crippen LogP contribution < -0.4 is 5.32 Å². The van der Waals surface area contributed by atoms with Crippen LogP contribution in [0.1, 0.15) is 24.4 Å². The summed E-state index contributed by atoms with van der Waals surface area (Å²) in [6.45, 7) is 3.16. The van der Waals surface area contributed by atoms with Crippen LogP contribution in [0.25, 0.3) is 0 Å². The Morgan fingerprint density at radius 2 is 2.13 bits per heavy atom. The van der Waals surface area contributed by atoms with Crippen molar-refractivity contribution in [1.82, 2.24) is 19.8 Å².